The van der Waals surface area contributed by atoms with Crippen LogP contribution in [-0.2, 0) is 9.53 Å². The number of aliphatic hydroxyl groups excluding tert-OH is 1. The second-order valence-corrected chi connectivity index (χ2v) is 12.7. The van der Waals surface area contributed by atoms with Gasteiger partial charge in [-0.3, -0.25) is 0 Å². The van der Waals surface area contributed by atoms with Crippen LogP contribution < -0.4 is 5.11 Å². The van der Waals surface area contributed by atoms with Crippen molar-refractivity contribution in [1.29, 1.82) is 0 Å². The number of carboxylic acids is 1. The van der Waals surface area contributed by atoms with Gasteiger partial charge in [-0.2, -0.15) is 0 Å². The van der Waals surface area contributed by atoms with E-state index in [0.717, 1.165) is 68.3 Å². The molecule has 0 saturated heterocycles. The Bertz CT molecular complexity index is 766. The molecule has 0 aromatic rings. The van der Waals surface area contributed by atoms with Crippen LogP contribution in [0.25, 0.3) is 0 Å². The van der Waals surface area contributed by atoms with E-state index in [1.165, 1.54) is 0 Å². The summed E-state index contributed by atoms with van der Waals surface area (Å²) in [4.78, 5) is 10.8. The number of rotatable bonds is 20. The molecule has 6 unspecified atom stereocenters. The first kappa shape index (κ1) is 34.7. The number of hydrogen-bond donors (Lipinski definition) is 3. The fraction of sp³-hybridized carbons (Fsp3) is 0.844. The van der Waals surface area contributed by atoms with Crippen molar-refractivity contribution in [3.05, 3.63) is 23.0 Å². The van der Waals surface area contributed by atoms with Crippen LogP contribution in [0.5, 0.6) is 0 Å². The molecule has 0 bridgehead atoms. The van der Waals surface area contributed by atoms with Crippen LogP contribution in [0.15, 0.2) is 23.0 Å². The molecule has 1 aliphatic carbocycles. The maximum Gasteiger partial charge on any atom is 0.121 e. The smallest absolute Gasteiger partial charge is 0.121 e. The highest BCUT2D eigenvalue weighted by molar-refractivity contribution is 5.66. The van der Waals surface area contributed by atoms with Crippen LogP contribution in [-0.4, -0.2) is 45.2 Å². The molecule has 3 N–H and O–H groups in total. The molecular formula is C32H57O6-. The first-order chi connectivity index (χ1) is 17.7. The van der Waals surface area contributed by atoms with Gasteiger partial charge in [0.15, 0.2) is 0 Å². The molecule has 1 rings (SSSR count). The lowest BCUT2D eigenvalue weighted by atomic mass is 9.83. The summed E-state index contributed by atoms with van der Waals surface area (Å²) in [6.07, 6.45) is 11.9. The van der Waals surface area contributed by atoms with E-state index < -0.39 is 29.2 Å². The Kier molecular flexibility index (Phi) is 15.2. The highest BCUT2D eigenvalue weighted by atomic mass is 16.5. The van der Waals surface area contributed by atoms with Gasteiger partial charge in [-0.1, -0.05) is 47.0 Å². The number of aliphatic carboxylic acids is 1. The predicted octanol–water partition coefficient (Wildman–Crippen LogP) is 5.83. The third-order valence-electron chi connectivity index (χ3n) is 8.47. The zero-order chi connectivity index (χ0) is 28.9. The van der Waals surface area contributed by atoms with E-state index in [1.807, 2.05) is 19.9 Å². The van der Waals surface area contributed by atoms with Crippen LogP contribution in [0.4, 0.5) is 0 Å². The van der Waals surface area contributed by atoms with Crippen molar-refractivity contribution in [2.24, 2.45) is 17.8 Å². The third kappa shape index (κ3) is 13.1. The Morgan fingerprint density at radius 3 is 2.11 bits per heavy atom. The number of carbonyl (C=O) groups excluding carboxylic acids is 1. The summed E-state index contributed by atoms with van der Waals surface area (Å²) >= 11 is 0. The maximum atomic E-state index is 10.9. The molecule has 0 fully saturated rings. The van der Waals surface area contributed by atoms with Gasteiger partial charge in [-0.15, -0.1) is 0 Å². The molecule has 6 atom stereocenters. The van der Waals surface area contributed by atoms with Gasteiger partial charge in [-0.25, -0.2) is 0 Å². The summed E-state index contributed by atoms with van der Waals surface area (Å²) in [7, 11) is 0. The quantitative estimate of drug-likeness (QED) is 0.169. The van der Waals surface area contributed by atoms with Crippen molar-refractivity contribution >= 4 is 5.97 Å². The van der Waals surface area contributed by atoms with Crippen molar-refractivity contribution in [2.45, 2.75) is 149 Å². The van der Waals surface area contributed by atoms with Crippen molar-refractivity contribution in [3.8, 4) is 0 Å². The second-order valence-electron chi connectivity index (χ2n) is 12.7. The second kappa shape index (κ2) is 16.7. The molecule has 6 heteroatoms. The van der Waals surface area contributed by atoms with E-state index in [4.69, 9.17) is 4.74 Å². The lowest BCUT2D eigenvalue weighted by Gasteiger charge is -2.29. The van der Waals surface area contributed by atoms with E-state index in [0.29, 0.717) is 44.6 Å². The lowest BCUT2D eigenvalue weighted by Crippen LogP contribution is -2.30. The number of hydrogen-bond acceptors (Lipinski definition) is 6. The molecule has 0 saturated carbocycles. The monoisotopic (exact) mass is 537 g/mol. The van der Waals surface area contributed by atoms with Crippen molar-refractivity contribution < 1.29 is 30.0 Å². The van der Waals surface area contributed by atoms with Crippen LogP contribution in [0, 0.1) is 17.8 Å². The highest BCUT2D eigenvalue weighted by Crippen LogP contribution is 2.34. The van der Waals surface area contributed by atoms with E-state index in [1.54, 1.807) is 13.8 Å². The van der Waals surface area contributed by atoms with Crippen LogP contribution >= 0.6 is 0 Å². The first-order valence-corrected chi connectivity index (χ1v) is 15.1. The third-order valence-corrected chi connectivity index (χ3v) is 8.47. The zero-order valence-corrected chi connectivity index (χ0v) is 25.4. The number of unbranched alkanes of at least 4 members (excludes halogenated alkanes) is 1. The lowest BCUT2D eigenvalue weighted by molar-refractivity contribution is -0.311. The minimum absolute atomic E-state index is 0.0805. The topological polar surface area (TPSA) is 110 Å². The summed E-state index contributed by atoms with van der Waals surface area (Å²) in [5.74, 6) is 0.0325. The molecular weight excluding hydrogens is 480 g/mol. The normalized spacial score (nSPS) is 22.8. The van der Waals surface area contributed by atoms with Gasteiger partial charge in [0.2, 0.25) is 0 Å². The van der Waals surface area contributed by atoms with Crippen LogP contribution in [0.1, 0.15) is 132 Å². The van der Waals surface area contributed by atoms with E-state index in [-0.39, 0.29) is 5.92 Å². The van der Waals surface area contributed by atoms with Crippen molar-refractivity contribution in [3.63, 3.8) is 0 Å². The van der Waals surface area contributed by atoms with Gasteiger partial charge >= 0.3 is 0 Å². The molecule has 0 spiro atoms. The van der Waals surface area contributed by atoms with Gasteiger partial charge in [0.1, 0.15) is 5.76 Å². The Labute approximate surface area is 232 Å². The van der Waals surface area contributed by atoms with E-state index in [9.17, 15) is 25.2 Å². The number of carbonyl (C=O) groups is 1. The SMILES string of the molecule is CCCCOC1=C(C)C(C)C(O)C=C1CCC(C)CCCC(C)(O)CCCC(C)(O)CCCC(C)C(=O)[O-]. The maximum absolute atomic E-state index is 10.9. The summed E-state index contributed by atoms with van der Waals surface area (Å²) in [5.41, 5.74) is 0.664. The summed E-state index contributed by atoms with van der Waals surface area (Å²) in [6, 6.07) is 0. The summed E-state index contributed by atoms with van der Waals surface area (Å²) in [5, 5.41) is 42.8. The highest BCUT2D eigenvalue weighted by Gasteiger charge is 2.27. The Morgan fingerprint density at radius 2 is 1.55 bits per heavy atom. The van der Waals surface area contributed by atoms with Crippen molar-refractivity contribution in [2.75, 3.05) is 6.61 Å². The molecule has 0 aromatic carbocycles. The molecule has 222 valence electrons. The van der Waals surface area contributed by atoms with Crippen LogP contribution in [0.2, 0.25) is 0 Å². The fourth-order valence-corrected chi connectivity index (χ4v) is 5.25. The number of allylic oxidation sites excluding steroid dienone is 1. The summed E-state index contributed by atoms with van der Waals surface area (Å²) < 4.78 is 6.15. The van der Waals surface area contributed by atoms with Crippen molar-refractivity contribution in [1.82, 2.24) is 0 Å². The predicted molar refractivity (Wildman–Crippen MR) is 152 cm³/mol. The molecule has 0 amide bonds. The molecule has 1 aliphatic rings. The number of carboxylic acid groups (broad SMARTS) is 1. The molecule has 0 aromatic heterocycles. The molecule has 0 aliphatic heterocycles. The molecule has 0 radical (unpaired) electrons. The Morgan fingerprint density at radius 1 is 1.00 bits per heavy atom. The van der Waals surface area contributed by atoms with E-state index in [2.05, 4.69) is 20.8 Å². The van der Waals surface area contributed by atoms with E-state index >= 15 is 0 Å². The fourth-order valence-electron chi connectivity index (χ4n) is 5.25. The minimum atomic E-state index is -1.04. The van der Waals surface area contributed by atoms with Gasteiger partial charge in [0.25, 0.3) is 0 Å². The molecule has 6 nitrogen and oxygen atoms in total. The molecule has 38 heavy (non-hydrogen) atoms. The van der Waals surface area contributed by atoms with Gasteiger partial charge in [-0.05, 0) is 114 Å². The largest absolute Gasteiger partial charge is 0.550 e. The van der Waals surface area contributed by atoms with Gasteiger partial charge < -0.3 is 30.0 Å². The number of ether oxygens (including phenoxy) is 1. The number of aliphatic hydroxyl groups is 3. The van der Waals surface area contributed by atoms with Gasteiger partial charge in [0.05, 0.1) is 23.9 Å². The van der Waals surface area contributed by atoms with Crippen LogP contribution in [0.3, 0.4) is 0 Å². The Balaban J connectivity index is 2.40. The average Bonchev–Trinajstić information content (AvgIpc) is 2.82. The summed E-state index contributed by atoms with van der Waals surface area (Å²) in [6.45, 7) is 14.6. The average molecular weight is 538 g/mol. The standard InChI is InChI=1S/C32H58O6/c1-8-9-21-38-29-26(5)25(4)28(33)22-27(29)16-15-23(2)13-10-17-31(6,36)19-12-20-32(7,37)18-11-14-24(3)30(34)35/h22-25,28,33,36-37H,8-21H2,1-7H3,(H,34,35)/p-1. The molecule has 0 heterocycles. The zero-order valence-electron chi connectivity index (χ0n) is 25.4. The Hall–Kier alpha value is -1.37. The minimum Gasteiger partial charge on any atom is -0.550 e. The first-order valence-electron chi connectivity index (χ1n) is 15.1. The van der Waals surface area contributed by atoms with Gasteiger partial charge in [0, 0.05) is 11.9 Å².